The van der Waals surface area contributed by atoms with Crippen molar-refractivity contribution in [3.05, 3.63) is 65.2 Å². The molecular weight excluding hydrogens is 360 g/mol. The summed E-state index contributed by atoms with van der Waals surface area (Å²) >= 11 is 0. The molecule has 1 spiro atoms. The van der Waals surface area contributed by atoms with Crippen LogP contribution in [0.5, 0.6) is 0 Å². The number of para-hydroxylation sites is 1. The molecule has 3 aliphatic rings. The molecule has 2 N–H and O–H groups in total. The number of aliphatic hydroxyl groups is 1. The van der Waals surface area contributed by atoms with E-state index in [4.69, 9.17) is 0 Å². The van der Waals surface area contributed by atoms with E-state index in [1.165, 1.54) is 11.1 Å². The molecule has 1 aliphatic carbocycles. The highest BCUT2D eigenvalue weighted by molar-refractivity contribution is 5.59. The average Bonchev–Trinajstić information content (AvgIpc) is 3.02. The number of anilines is 1. The molecule has 2 saturated heterocycles. The summed E-state index contributed by atoms with van der Waals surface area (Å²) in [6, 6.07) is 18.9. The highest BCUT2D eigenvalue weighted by Crippen LogP contribution is 2.52. The summed E-state index contributed by atoms with van der Waals surface area (Å²) in [5, 5.41) is 24.5. The Morgan fingerprint density at radius 1 is 0.966 bits per heavy atom. The van der Waals surface area contributed by atoms with E-state index < -0.39 is 0 Å². The normalized spacial score (nSPS) is 26.3. The van der Waals surface area contributed by atoms with Crippen molar-refractivity contribution in [2.24, 2.45) is 0 Å². The number of piperidine rings is 1. The van der Waals surface area contributed by atoms with E-state index >= 15 is 0 Å². The first kappa shape index (κ1) is 18.6. The summed E-state index contributed by atoms with van der Waals surface area (Å²) in [6.45, 7) is 5.47. The quantitative estimate of drug-likeness (QED) is 0.827. The molecule has 2 aromatic rings. The average molecular weight is 389 g/mol. The molecule has 29 heavy (non-hydrogen) atoms. The molecule has 2 fully saturated rings. The Bertz CT molecular complexity index is 922. The zero-order valence-corrected chi connectivity index (χ0v) is 16.7. The SMILES string of the molecule is N#Cc1ccccc1N1CCN([C@@H]2c3ccccc3C3(CCNCC3)[C@H]2O)CC1. The summed E-state index contributed by atoms with van der Waals surface area (Å²) in [5.74, 6) is 0. The minimum atomic E-state index is -0.361. The number of hydrogen-bond acceptors (Lipinski definition) is 5. The second-order valence-electron chi connectivity index (χ2n) is 8.54. The molecule has 2 aliphatic heterocycles. The third-order valence-corrected chi connectivity index (χ3v) is 7.25. The van der Waals surface area contributed by atoms with Crippen molar-refractivity contribution < 1.29 is 5.11 Å². The van der Waals surface area contributed by atoms with Gasteiger partial charge < -0.3 is 15.3 Å². The van der Waals surface area contributed by atoms with Crippen LogP contribution in [0.4, 0.5) is 5.69 Å². The summed E-state index contributed by atoms with van der Waals surface area (Å²) in [6.07, 6.45) is 1.63. The summed E-state index contributed by atoms with van der Waals surface area (Å²) in [5.41, 5.74) is 4.32. The molecule has 2 aromatic carbocycles. The molecule has 5 heteroatoms. The van der Waals surface area contributed by atoms with Gasteiger partial charge in [0.15, 0.2) is 0 Å². The van der Waals surface area contributed by atoms with Gasteiger partial charge in [0.1, 0.15) is 6.07 Å². The highest BCUT2D eigenvalue weighted by Gasteiger charge is 2.53. The fourth-order valence-electron chi connectivity index (χ4n) is 5.76. The topological polar surface area (TPSA) is 62.5 Å². The second kappa shape index (κ2) is 7.46. The molecule has 2 atom stereocenters. The Morgan fingerprint density at radius 3 is 2.41 bits per heavy atom. The predicted octanol–water partition coefficient (Wildman–Crippen LogP) is 2.42. The molecule has 0 aromatic heterocycles. The molecule has 0 amide bonds. The maximum Gasteiger partial charge on any atom is 0.101 e. The Morgan fingerprint density at radius 2 is 1.66 bits per heavy atom. The van der Waals surface area contributed by atoms with E-state index in [2.05, 4.69) is 45.5 Å². The van der Waals surface area contributed by atoms with E-state index in [1.807, 2.05) is 24.3 Å². The van der Waals surface area contributed by atoms with Crippen molar-refractivity contribution in [2.45, 2.75) is 30.4 Å². The van der Waals surface area contributed by atoms with Crippen LogP contribution in [0.1, 0.15) is 35.6 Å². The van der Waals surface area contributed by atoms with Gasteiger partial charge in [-0.25, -0.2) is 0 Å². The Hall–Kier alpha value is -2.39. The molecule has 2 heterocycles. The maximum absolute atomic E-state index is 11.6. The van der Waals surface area contributed by atoms with Gasteiger partial charge in [0.25, 0.3) is 0 Å². The zero-order valence-electron chi connectivity index (χ0n) is 16.7. The third kappa shape index (κ3) is 2.95. The molecule has 0 saturated carbocycles. The third-order valence-electron chi connectivity index (χ3n) is 7.25. The number of benzene rings is 2. The van der Waals surface area contributed by atoms with Gasteiger partial charge in [0, 0.05) is 31.6 Å². The number of rotatable bonds is 2. The smallest absolute Gasteiger partial charge is 0.101 e. The van der Waals surface area contributed by atoms with Gasteiger partial charge in [0.05, 0.1) is 23.4 Å². The van der Waals surface area contributed by atoms with E-state index in [-0.39, 0.29) is 17.6 Å². The van der Waals surface area contributed by atoms with Crippen LogP contribution in [0.25, 0.3) is 0 Å². The van der Waals surface area contributed by atoms with Crippen molar-refractivity contribution in [3.63, 3.8) is 0 Å². The molecule has 150 valence electrons. The van der Waals surface area contributed by atoms with Gasteiger partial charge in [-0.15, -0.1) is 0 Å². The molecule has 0 unspecified atom stereocenters. The fraction of sp³-hybridized carbons (Fsp3) is 0.458. The molecule has 0 bridgehead atoms. The van der Waals surface area contributed by atoms with E-state index in [0.29, 0.717) is 0 Å². The number of nitrogens with zero attached hydrogens (tertiary/aromatic N) is 3. The number of piperazine rings is 1. The van der Waals surface area contributed by atoms with Crippen molar-refractivity contribution >= 4 is 5.69 Å². The van der Waals surface area contributed by atoms with Gasteiger partial charge in [-0.1, -0.05) is 36.4 Å². The standard InChI is InChI=1S/C24H28N4O/c25-17-18-5-1-4-8-21(18)27-13-15-28(16-14-27)22-19-6-2-3-7-20(19)24(23(22)29)9-11-26-12-10-24/h1-8,22-23,26,29H,9-16H2/t22-,23+/m1/s1. The zero-order chi connectivity index (χ0) is 19.8. The maximum atomic E-state index is 11.6. The number of nitrogens with one attached hydrogen (secondary N) is 1. The van der Waals surface area contributed by atoms with Gasteiger partial charge in [-0.3, -0.25) is 4.90 Å². The predicted molar refractivity (Wildman–Crippen MR) is 114 cm³/mol. The van der Waals surface area contributed by atoms with Gasteiger partial charge >= 0.3 is 0 Å². The fourth-order valence-corrected chi connectivity index (χ4v) is 5.76. The minimum absolute atomic E-state index is 0.0673. The van der Waals surface area contributed by atoms with Crippen LogP contribution in [0.3, 0.4) is 0 Å². The molecule has 0 radical (unpaired) electrons. The highest BCUT2D eigenvalue weighted by atomic mass is 16.3. The molecular formula is C24H28N4O. The van der Waals surface area contributed by atoms with Crippen molar-refractivity contribution in [2.75, 3.05) is 44.2 Å². The van der Waals surface area contributed by atoms with E-state index in [9.17, 15) is 10.4 Å². The first-order valence-corrected chi connectivity index (χ1v) is 10.7. The van der Waals surface area contributed by atoms with Crippen LogP contribution in [0.2, 0.25) is 0 Å². The molecule has 5 rings (SSSR count). The van der Waals surface area contributed by atoms with E-state index in [0.717, 1.165) is 63.4 Å². The minimum Gasteiger partial charge on any atom is -0.390 e. The van der Waals surface area contributed by atoms with E-state index in [1.54, 1.807) is 0 Å². The van der Waals surface area contributed by atoms with Crippen LogP contribution in [-0.4, -0.2) is 55.4 Å². The van der Waals surface area contributed by atoms with Crippen LogP contribution in [-0.2, 0) is 5.41 Å². The number of fused-ring (bicyclic) bond motifs is 2. The monoisotopic (exact) mass is 388 g/mol. The Kier molecular flexibility index (Phi) is 4.79. The van der Waals surface area contributed by atoms with Crippen molar-refractivity contribution in [1.29, 1.82) is 5.26 Å². The largest absolute Gasteiger partial charge is 0.390 e. The summed E-state index contributed by atoms with van der Waals surface area (Å²) in [7, 11) is 0. The number of aliphatic hydroxyl groups excluding tert-OH is 1. The van der Waals surface area contributed by atoms with Crippen LogP contribution >= 0.6 is 0 Å². The van der Waals surface area contributed by atoms with Crippen LogP contribution in [0, 0.1) is 11.3 Å². The molecule has 5 nitrogen and oxygen atoms in total. The van der Waals surface area contributed by atoms with Gasteiger partial charge in [0.2, 0.25) is 0 Å². The lowest BCUT2D eigenvalue weighted by molar-refractivity contribution is -0.00359. The number of hydrogen-bond donors (Lipinski definition) is 2. The van der Waals surface area contributed by atoms with Gasteiger partial charge in [-0.2, -0.15) is 5.26 Å². The number of nitriles is 1. The van der Waals surface area contributed by atoms with Crippen LogP contribution in [0.15, 0.2) is 48.5 Å². The summed E-state index contributed by atoms with van der Waals surface area (Å²) < 4.78 is 0. The lowest BCUT2D eigenvalue weighted by Crippen LogP contribution is -2.53. The van der Waals surface area contributed by atoms with Crippen LogP contribution < -0.4 is 10.2 Å². The Balaban J connectivity index is 1.39. The Labute approximate surface area is 172 Å². The lowest BCUT2D eigenvalue weighted by atomic mass is 9.72. The first-order chi connectivity index (χ1) is 14.2. The summed E-state index contributed by atoms with van der Waals surface area (Å²) in [4.78, 5) is 4.77. The van der Waals surface area contributed by atoms with Gasteiger partial charge in [-0.05, 0) is 49.2 Å². The van der Waals surface area contributed by atoms with Crippen molar-refractivity contribution in [3.8, 4) is 6.07 Å². The first-order valence-electron chi connectivity index (χ1n) is 10.7. The second-order valence-corrected chi connectivity index (χ2v) is 8.54. The van der Waals surface area contributed by atoms with Crippen molar-refractivity contribution in [1.82, 2.24) is 10.2 Å². The lowest BCUT2D eigenvalue weighted by Gasteiger charge is -2.43.